The van der Waals surface area contributed by atoms with E-state index in [4.69, 9.17) is 0 Å². The van der Waals surface area contributed by atoms with Crippen LogP contribution in [0.25, 0.3) is 0 Å². The van der Waals surface area contributed by atoms with Gasteiger partial charge in [0.25, 0.3) is 0 Å². The van der Waals surface area contributed by atoms with Crippen molar-refractivity contribution in [3.8, 4) is 0 Å². The number of aliphatic carboxylic acids is 1. The van der Waals surface area contributed by atoms with Crippen LogP contribution in [-0.2, 0) is 4.79 Å². The van der Waals surface area contributed by atoms with Crippen LogP contribution in [0, 0.1) is 10.8 Å². The van der Waals surface area contributed by atoms with Crippen molar-refractivity contribution in [3.05, 3.63) is 0 Å². The van der Waals surface area contributed by atoms with E-state index in [0.717, 1.165) is 19.3 Å². The molecular weight excluding hydrogens is 488 g/mol. The first-order valence-corrected chi connectivity index (χ1v) is 18.6. The molecule has 0 aliphatic rings. The molecule has 0 unspecified atom stereocenters. The van der Waals surface area contributed by atoms with E-state index in [1.54, 1.807) is 0 Å². The summed E-state index contributed by atoms with van der Waals surface area (Å²) in [6.07, 6.45) is 39.4. The number of carbonyl (C=O) groups is 1. The van der Waals surface area contributed by atoms with Crippen molar-refractivity contribution in [1.29, 1.82) is 0 Å². The summed E-state index contributed by atoms with van der Waals surface area (Å²) < 4.78 is 0. The van der Waals surface area contributed by atoms with Crippen LogP contribution in [0.5, 0.6) is 0 Å². The Morgan fingerprint density at radius 2 is 0.600 bits per heavy atom. The van der Waals surface area contributed by atoms with E-state index in [1.165, 1.54) is 173 Å². The molecule has 1 N–H and O–H groups in total. The van der Waals surface area contributed by atoms with Crippen molar-refractivity contribution in [2.75, 3.05) is 0 Å². The average molecular weight is 565 g/mol. The van der Waals surface area contributed by atoms with E-state index in [1.807, 2.05) is 0 Å². The van der Waals surface area contributed by atoms with Crippen molar-refractivity contribution in [1.82, 2.24) is 0 Å². The molecule has 0 spiro atoms. The molecule has 2 heteroatoms. The molecule has 2 nitrogen and oxygen atoms in total. The SMILES string of the molecule is CCCCCCCCCCCCC(CCCCCCCCC)(CCCCCCCCCCCC)C(C)(C)C(=O)O. The van der Waals surface area contributed by atoms with Crippen LogP contribution in [0.4, 0.5) is 0 Å². The van der Waals surface area contributed by atoms with Gasteiger partial charge in [-0.15, -0.1) is 0 Å². The zero-order valence-corrected chi connectivity index (χ0v) is 28.6. The Kier molecular flexibility index (Phi) is 27.0. The molecule has 0 bridgehead atoms. The molecule has 0 fully saturated rings. The predicted molar refractivity (Wildman–Crippen MR) is 179 cm³/mol. The van der Waals surface area contributed by atoms with Gasteiger partial charge in [0.2, 0.25) is 0 Å². The van der Waals surface area contributed by atoms with Gasteiger partial charge in [-0.25, -0.2) is 0 Å². The van der Waals surface area contributed by atoms with Crippen LogP contribution >= 0.6 is 0 Å². The topological polar surface area (TPSA) is 37.3 Å². The minimum Gasteiger partial charge on any atom is -0.481 e. The van der Waals surface area contributed by atoms with E-state index >= 15 is 0 Å². The molecule has 0 heterocycles. The zero-order chi connectivity index (χ0) is 29.8. The summed E-state index contributed by atoms with van der Waals surface area (Å²) in [4.78, 5) is 12.6. The van der Waals surface area contributed by atoms with E-state index in [-0.39, 0.29) is 5.41 Å². The molecule has 0 rings (SSSR count). The van der Waals surface area contributed by atoms with Gasteiger partial charge < -0.3 is 5.11 Å². The first-order chi connectivity index (χ1) is 19.4. The Labute approximate surface area is 253 Å². The highest BCUT2D eigenvalue weighted by molar-refractivity contribution is 5.74. The third-order valence-electron chi connectivity index (χ3n) is 10.1. The van der Waals surface area contributed by atoms with Gasteiger partial charge in [0, 0.05) is 0 Å². The maximum absolute atomic E-state index is 12.6. The van der Waals surface area contributed by atoms with Gasteiger partial charge in [0.05, 0.1) is 5.41 Å². The number of rotatable bonds is 32. The minimum absolute atomic E-state index is 0.0530. The lowest BCUT2D eigenvalue weighted by Gasteiger charge is -2.45. The second-order valence-corrected chi connectivity index (χ2v) is 13.9. The Hall–Kier alpha value is -0.530. The van der Waals surface area contributed by atoms with Crippen LogP contribution in [0.15, 0.2) is 0 Å². The minimum atomic E-state index is -0.645. The number of carboxylic acids is 1. The highest BCUT2D eigenvalue weighted by Crippen LogP contribution is 2.51. The Morgan fingerprint density at radius 3 is 0.800 bits per heavy atom. The fraction of sp³-hybridized carbons (Fsp3) is 0.974. The van der Waals surface area contributed by atoms with Crippen molar-refractivity contribution < 1.29 is 9.90 Å². The molecule has 40 heavy (non-hydrogen) atoms. The summed E-state index contributed by atoms with van der Waals surface area (Å²) in [5, 5.41) is 10.4. The molecule has 0 saturated heterocycles. The molecule has 240 valence electrons. The normalized spacial score (nSPS) is 12.3. The lowest BCUT2D eigenvalue weighted by atomic mass is 9.58. The first-order valence-electron chi connectivity index (χ1n) is 18.6. The van der Waals surface area contributed by atoms with Crippen LogP contribution < -0.4 is 0 Å². The second kappa shape index (κ2) is 27.3. The van der Waals surface area contributed by atoms with Crippen LogP contribution in [-0.4, -0.2) is 11.1 Å². The molecule has 0 aliphatic carbocycles. The van der Waals surface area contributed by atoms with E-state index in [0.29, 0.717) is 0 Å². The lowest BCUT2D eigenvalue weighted by molar-refractivity contribution is -0.157. The van der Waals surface area contributed by atoms with E-state index in [2.05, 4.69) is 34.6 Å². The number of carboxylic acid groups (broad SMARTS) is 1. The van der Waals surface area contributed by atoms with Gasteiger partial charge in [0.1, 0.15) is 0 Å². The van der Waals surface area contributed by atoms with Crippen LogP contribution in [0.1, 0.15) is 227 Å². The van der Waals surface area contributed by atoms with Gasteiger partial charge in [-0.05, 0) is 38.5 Å². The van der Waals surface area contributed by atoms with E-state index in [9.17, 15) is 9.90 Å². The lowest BCUT2D eigenvalue weighted by Crippen LogP contribution is -2.44. The van der Waals surface area contributed by atoms with Gasteiger partial charge in [0.15, 0.2) is 0 Å². The third-order valence-corrected chi connectivity index (χ3v) is 10.1. The summed E-state index contributed by atoms with van der Waals surface area (Å²) in [5.41, 5.74) is -0.698. The second-order valence-electron chi connectivity index (χ2n) is 13.9. The summed E-state index contributed by atoms with van der Waals surface area (Å²) in [6, 6.07) is 0. The monoisotopic (exact) mass is 565 g/mol. The Balaban J connectivity index is 4.86. The smallest absolute Gasteiger partial charge is 0.309 e. The Bertz CT molecular complexity index is 514. The van der Waals surface area contributed by atoms with Crippen molar-refractivity contribution >= 4 is 5.97 Å². The maximum atomic E-state index is 12.6. The van der Waals surface area contributed by atoms with Gasteiger partial charge >= 0.3 is 5.97 Å². The predicted octanol–water partition coefficient (Wildman–Crippen LogP) is 13.8. The molecule has 0 aliphatic heterocycles. The fourth-order valence-electron chi connectivity index (χ4n) is 6.86. The molecule has 0 aromatic rings. The molecule has 0 aromatic carbocycles. The quantitative estimate of drug-likeness (QED) is 0.0825. The summed E-state index contributed by atoms with van der Waals surface area (Å²) in [7, 11) is 0. The van der Waals surface area contributed by atoms with Gasteiger partial charge in [-0.3, -0.25) is 4.79 Å². The molecule has 0 aromatic heterocycles. The van der Waals surface area contributed by atoms with E-state index < -0.39 is 11.4 Å². The molecular formula is C38H76O2. The summed E-state index contributed by atoms with van der Waals surface area (Å²) in [5.74, 6) is -0.574. The average Bonchev–Trinajstić information content (AvgIpc) is 2.93. The summed E-state index contributed by atoms with van der Waals surface area (Å²) >= 11 is 0. The van der Waals surface area contributed by atoms with Gasteiger partial charge in [-0.2, -0.15) is 0 Å². The highest BCUT2D eigenvalue weighted by atomic mass is 16.4. The highest BCUT2D eigenvalue weighted by Gasteiger charge is 2.48. The molecule has 0 radical (unpaired) electrons. The number of hydrogen-bond donors (Lipinski definition) is 1. The maximum Gasteiger partial charge on any atom is 0.309 e. The third kappa shape index (κ3) is 19.6. The molecule has 0 amide bonds. The molecule has 0 atom stereocenters. The van der Waals surface area contributed by atoms with Gasteiger partial charge in [-0.1, -0.05) is 194 Å². The first kappa shape index (κ1) is 39.5. The largest absolute Gasteiger partial charge is 0.481 e. The van der Waals surface area contributed by atoms with Crippen molar-refractivity contribution in [3.63, 3.8) is 0 Å². The number of hydrogen-bond acceptors (Lipinski definition) is 1. The zero-order valence-electron chi connectivity index (χ0n) is 28.6. The van der Waals surface area contributed by atoms with Crippen molar-refractivity contribution in [2.45, 2.75) is 227 Å². The Morgan fingerprint density at radius 1 is 0.400 bits per heavy atom. The molecule has 0 saturated carbocycles. The van der Waals surface area contributed by atoms with Crippen LogP contribution in [0.2, 0.25) is 0 Å². The number of unbranched alkanes of at least 4 members (excludes halogenated alkanes) is 24. The summed E-state index contributed by atoms with van der Waals surface area (Å²) in [6.45, 7) is 11.0. The van der Waals surface area contributed by atoms with Crippen molar-refractivity contribution in [2.24, 2.45) is 10.8 Å². The fourth-order valence-corrected chi connectivity index (χ4v) is 6.86. The van der Waals surface area contributed by atoms with Crippen LogP contribution in [0.3, 0.4) is 0 Å². The standard InChI is InChI=1S/C38H76O2/c1-6-9-12-15-18-20-22-25-28-31-34-38(37(4,5)36(39)40,33-30-27-24-17-14-11-8-3)35-32-29-26-23-21-19-16-13-10-7-2/h6-35H2,1-5H3,(H,39,40).